The van der Waals surface area contributed by atoms with Crippen LogP contribution < -0.4 is 5.32 Å². The quantitative estimate of drug-likeness (QED) is 0.774. The van der Waals surface area contributed by atoms with E-state index in [1.165, 1.54) is 32.1 Å². The first-order valence-electron chi connectivity index (χ1n) is 5.70. The maximum Gasteiger partial charge on any atom is 0.203 e. The molecule has 3 nitrogen and oxygen atoms in total. The van der Waals surface area contributed by atoms with Gasteiger partial charge in [-0.25, -0.2) is 4.98 Å². The summed E-state index contributed by atoms with van der Waals surface area (Å²) < 4.78 is 2.28. The molecule has 14 heavy (non-hydrogen) atoms. The van der Waals surface area contributed by atoms with Gasteiger partial charge in [0.2, 0.25) is 5.95 Å². The first-order chi connectivity index (χ1) is 6.93. The van der Waals surface area contributed by atoms with Crippen LogP contribution in [0.1, 0.15) is 38.1 Å². The molecule has 0 aliphatic heterocycles. The van der Waals surface area contributed by atoms with Crippen molar-refractivity contribution in [2.24, 2.45) is 5.92 Å². The van der Waals surface area contributed by atoms with E-state index in [0.717, 1.165) is 24.5 Å². The van der Waals surface area contributed by atoms with E-state index in [-0.39, 0.29) is 0 Å². The predicted octanol–water partition coefficient (Wildman–Crippen LogP) is 2.43. The number of hydrogen-bond donors (Lipinski definition) is 1. The Hall–Kier alpha value is -0.990. The van der Waals surface area contributed by atoms with Crippen LogP contribution in [0.4, 0.5) is 5.95 Å². The average molecular weight is 191 g/mol. The molecule has 3 rings (SSSR count). The Kier molecular flexibility index (Phi) is 1.96. The molecule has 76 valence electrons. The van der Waals surface area contributed by atoms with Gasteiger partial charge in [0.25, 0.3) is 0 Å². The van der Waals surface area contributed by atoms with Crippen LogP contribution in [0.2, 0.25) is 0 Å². The third-order valence-corrected chi connectivity index (χ3v) is 3.14. The summed E-state index contributed by atoms with van der Waals surface area (Å²) in [6, 6.07) is 0.737. The number of nitrogens with one attached hydrogen (secondary N) is 1. The predicted molar refractivity (Wildman–Crippen MR) is 56.3 cm³/mol. The van der Waals surface area contributed by atoms with Gasteiger partial charge >= 0.3 is 0 Å². The second-order valence-corrected chi connectivity index (χ2v) is 4.55. The molecule has 0 saturated heterocycles. The number of imidazole rings is 1. The molecular weight excluding hydrogens is 174 g/mol. The van der Waals surface area contributed by atoms with Crippen molar-refractivity contribution in [2.75, 3.05) is 11.9 Å². The molecule has 1 aromatic rings. The van der Waals surface area contributed by atoms with E-state index in [1.54, 1.807) is 0 Å². The lowest BCUT2D eigenvalue weighted by Crippen LogP contribution is -2.08. The average Bonchev–Trinajstić information content (AvgIpc) is 3.08. The van der Waals surface area contributed by atoms with E-state index in [9.17, 15) is 0 Å². The largest absolute Gasteiger partial charge is 0.356 e. The molecule has 0 aromatic carbocycles. The summed E-state index contributed by atoms with van der Waals surface area (Å²) in [5.41, 5.74) is 0. The zero-order valence-electron chi connectivity index (χ0n) is 8.45. The molecule has 0 radical (unpaired) electrons. The Morgan fingerprint density at radius 1 is 1.36 bits per heavy atom. The lowest BCUT2D eigenvalue weighted by molar-refractivity contribution is 0.718. The van der Waals surface area contributed by atoms with E-state index >= 15 is 0 Å². The third-order valence-electron chi connectivity index (χ3n) is 3.14. The fraction of sp³-hybridized carbons (Fsp3) is 0.727. The van der Waals surface area contributed by atoms with Crippen molar-refractivity contribution in [1.82, 2.24) is 9.55 Å². The van der Waals surface area contributed by atoms with Gasteiger partial charge < -0.3 is 9.88 Å². The molecule has 1 heterocycles. The Labute approximate surface area is 84.5 Å². The molecule has 3 heteroatoms. The highest BCUT2D eigenvalue weighted by Gasteiger charge is 2.25. The number of anilines is 1. The fourth-order valence-electron chi connectivity index (χ4n) is 1.89. The zero-order valence-corrected chi connectivity index (χ0v) is 8.45. The Balaban J connectivity index is 1.55. The van der Waals surface area contributed by atoms with Gasteiger partial charge in [0, 0.05) is 25.0 Å². The summed E-state index contributed by atoms with van der Waals surface area (Å²) in [7, 11) is 0. The van der Waals surface area contributed by atoms with Gasteiger partial charge in [0.05, 0.1) is 0 Å². The lowest BCUT2D eigenvalue weighted by atomic mass is 10.3. The molecule has 2 aliphatic rings. The van der Waals surface area contributed by atoms with E-state index in [2.05, 4.69) is 21.1 Å². The van der Waals surface area contributed by atoms with Crippen molar-refractivity contribution in [3.05, 3.63) is 12.4 Å². The van der Waals surface area contributed by atoms with E-state index in [1.807, 2.05) is 6.20 Å². The van der Waals surface area contributed by atoms with Crippen LogP contribution in [0.3, 0.4) is 0 Å². The van der Waals surface area contributed by atoms with Gasteiger partial charge in [0.1, 0.15) is 0 Å². The second-order valence-electron chi connectivity index (χ2n) is 4.55. The highest BCUT2D eigenvalue weighted by molar-refractivity contribution is 5.27. The van der Waals surface area contributed by atoms with E-state index < -0.39 is 0 Å². The Bertz CT molecular complexity index is 310. The summed E-state index contributed by atoms with van der Waals surface area (Å²) >= 11 is 0. The first kappa shape index (κ1) is 8.33. The van der Waals surface area contributed by atoms with Gasteiger partial charge in [-0.3, -0.25) is 0 Å². The summed E-state index contributed by atoms with van der Waals surface area (Å²) in [6.07, 6.45) is 10.9. The SMILES string of the molecule is c1cn(C2CC2)c(NCCC2CC2)n1. The van der Waals surface area contributed by atoms with Gasteiger partial charge in [-0.15, -0.1) is 0 Å². The van der Waals surface area contributed by atoms with Crippen LogP contribution in [0.15, 0.2) is 12.4 Å². The Morgan fingerprint density at radius 3 is 2.93 bits per heavy atom. The minimum absolute atomic E-state index is 0.737. The van der Waals surface area contributed by atoms with Crippen molar-refractivity contribution in [1.29, 1.82) is 0 Å². The molecule has 2 fully saturated rings. The summed E-state index contributed by atoms with van der Waals surface area (Å²) in [5, 5.41) is 3.44. The molecule has 2 aliphatic carbocycles. The van der Waals surface area contributed by atoms with Crippen LogP contribution in [-0.4, -0.2) is 16.1 Å². The normalized spacial score (nSPS) is 21.1. The highest BCUT2D eigenvalue weighted by atomic mass is 15.2. The molecule has 1 aromatic heterocycles. The van der Waals surface area contributed by atoms with Gasteiger partial charge in [-0.2, -0.15) is 0 Å². The number of rotatable bonds is 5. The molecule has 1 N–H and O–H groups in total. The van der Waals surface area contributed by atoms with Gasteiger partial charge in [0.15, 0.2) is 0 Å². The number of aromatic nitrogens is 2. The second kappa shape index (κ2) is 3.30. The van der Waals surface area contributed by atoms with Crippen LogP contribution in [-0.2, 0) is 0 Å². The molecule has 0 unspecified atom stereocenters. The molecule has 0 amide bonds. The van der Waals surface area contributed by atoms with Crippen LogP contribution >= 0.6 is 0 Å². The van der Waals surface area contributed by atoms with Crippen molar-refractivity contribution < 1.29 is 0 Å². The molecular formula is C11H17N3. The third kappa shape index (κ3) is 1.76. The molecule has 0 bridgehead atoms. The molecule has 0 atom stereocenters. The topological polar surface area (TPSA) is 29.9 Å². The fourth-order valence-corrected chi connectivity index (χ4v) is 1.89. The Morgan fingerprint density at radius 2 is 2.21 bits per heavy atom. The number of hydrogen-bond acceptors (Lipinski definition) is 2. The van der Waals surface area contributed by atoms with Crippen molar-refractivity contribution >= 4 is 5.95 Å². The van der Waals surface area contributed by atoms with Crippen molar-refractivity contribution in [3.63, 3.8) is 0 Å². The minimum Gasteiger partial charge on any atom is -0.356 e. The highest BCUT2D eigenvalue weighted by Crippen LogP contribution is 2.37. The lowest BCUT2D eigenvalue weighted by Gasteiger charge is -2.07. The number of nitrogens with zero attached hydrogens (tertiary/aromatic N) is 2. The maximum atomic E-state index is 4.35. The van der Waals surface area contributed by atoms with Crippen molar-refractivity contribution in [2.45, 2.75) is 38.1 Å². The monoisotopic (exact) mass is 191 g/mol. The minimum atomic E-state index is 0.737. The molecule has 2 saturated carbocycles. The maximum absolute atomic E-state index is 4.35. The summed E-state index contributed by atoms with van der Waals surface area (Å²) in [5.74, 6) is 2.08. The van der Waals surface area contributed by atoms with E-state index in [0.29, 0.717) is 0 Å². The van der Waals surface area contributed by atoms with Crippen LogP contribution in [0.5, 0.6) is 0 Å². The summed E-state index contributed by atoms with van der Waals surface area (Å²) in [4.78, 5) is 4.35. The first-order valence-corrected chi connectivity index (χ1v) is 5.70. The van der Waals surface area contributed by atoms with Crippen LogP contribution in [0, 0.1) is 5.92 Å². The van der Waals surface area contributed by atoms with E-state index in [4.69, 9.17) is 0 Å². The standard InChI is InChI=1S/C11H17N3/c1-2-9(1)5-6-12-11-13-7-8-14(11)10-3-4-10/h7-10H,1-6H2,(H,12,13). The smallest absolute Gasteiger partial charge is 0.203 e. The van der Waals surface area contributed by atoms with Gasteiger partial charge in [-0.05, 0) is 25.2 Å². The molecule has 0 spiro atoms. The van der Waals surface area contributed by atoms with Crippen LogP contribution in [0.25, 0.3) is 0 Å². The summed E-state index contributed by atoms with van der Waals surface area (Å²) in [6.45, 7) is 1.09. The van der Waals surface area contributed by atoms with Gasteiger partial charge in [-0.1, -0.05) is 12.8 Å². The zero-order chi connectivity index (χ0) is 9.38. The van der Waals surface area contributed by atoms with Crippen molar-refractivity contribution in [3.8, 4) is 0 Å².